The molecular formula is C26H21Cl2F5N4O4. The van der Waals surface area contributed by atoms with Gasteiger partial charge < -0.3 is 10.0 Å². The maximum atomic E-state index is 14.4. The second-order valence-corrected chi connectivity index (χ2v) is 10.3. The Bertz CT molecular complexity index is 1450. The third-order valence-corrected chi connectivity index (χ3v) is 7.31. The molecule has 0 atom stereocenters. The molecule has 0 bridgehead atoms. The van der Waals surface area contributed by atoms with Crippen LogP contribution >= 0.6 is 23.2 Å². The molecule has 0 aliphatic heterocycles. The predicted molar refractivity (Wildman–Crippen MR) is 136 cm³/mol. The van der Waals surface area contributed by atoms with Crippen molar-refractivity contribution in [2.24, 2.45) is 5.92 Å². The fourth-order valence-electron chi connectivity index (χ4n) is 4.87. The van der Waals surface area contributed by atoms with Crippen molar-refractivity contribution in [2.75, 3.05) is 6.54 Å². The standard InChI is InChI=1S/C26H21Cl2F5N4O4/c27-19-9-34-10-20(28)22(19)21(38)12-36(11-13-5-15(29)7-16(30)6-13)24(39)18-8-35-37(23(18)26(31,32)33)17-3-1-14(2-4-17)25(40)41/h5-10,14,17H,1-4,11-12H2,(H,40,41)/t14-,17-. The Kier molecular flexibility index (Phi) is 8.97. The fraction of sp³-hybridized carbons (Fsp3) is 0.346. The predicted octanol–water partition coefficient (Wildman–Crippen LogP) is 6.22. The first kappa shape index (κ1) is 30.4. The number of Topliss-reactive ketones (excluding diaryl/α,β-unsaturated/α-hetero) is 1. The Hall–Kier alpha value is -3.58. The second-order valence-electron chi connectivity index (χ2n) is 9.53. The number of aliphatic carboxylic acids is 1. The van der Waals surface area contributed by atoms with Gasteiger partial charge in [-0.2, -0.15) is 18.3 Å². The van der Waals surface area contributed by atoms with Crippen LogP contribution in [0.15, 0.2) is 36.8 Å². The molecular weight excluding hydrogens is 598 g/mol. The molecule has 1 saturated carbocycles. The minimum atomic E-state index is -5.07. The Morgan fingerprint density at radius 2 is 1.56 bits per heavy atom. The van der Waals surface area contributed by atoms with Gasteiger partial charge in [-0.25, -0.2) is 8.78 Å². The van der Waals surface area contributed by atoms with Gasteiger partial charge in [-0.15, -0.1) is 0 Å². The summed E-state index contributed by atoms with van der Waals surface area (Å²) in [6.45, 7) is -1.50. The quantitative estimate of drug-likeness (QED) is 0.237. The van der Waals surface area contributed by atoms with Crippen LogP contribution < -0.4 is 0 Å². The van der Waals surface area contributed by atoms with Crippen molar-refractivity contribution in [3.05, 3.63) is 80.9 Å². The highest BCUT2D eigenvalue weighted by molar-refractivity contribution is 6.39. The minimum Gasteiger partial charge on any atom is -0.481 e. The molecule has 2 heterocycles. The molecule has 1 aromatic carbocycles. The monoisotopic (exact) mass is 618 g/mol. The Morgan fingerprint density at radius 1 is 0.976 bits per heavy atom. The van der Waals surface area contributed by atoms with Gasteiger partial charge in [0.25, 0.3) is 5.91 Å². The number of nitrogens with zero attached hydrogens (tertiary/aromatic N) is 4. The molecule has 8 nitrogen and oxygen atoms in total. The normalized spacial score (nSPS) is 17.3. The maximum absolute atomic E-state index is 14.4. The third-order valence-electron chi connectivity index (χ3n) is 6.74. The van der Waals surface area contributed by atoms with E-state index >= 15 is 0 Å². The summed E-state index contributed by atoms with van der Waals surface area (Å²) in [5, 5.41) is 12.7. The van der Waals surface area contributed by atoms with Crippen LogP contribution in [0.2, 0.25) is 10.0 Å². The average Bonchev–Trinajstić information content (AvgIpc) is 3.33. The van der Waals surface area contributed by atoms with E-state index in [0.29, 0.717) is 21.8 Å². The van der Waals surface area contributed by atoms with Gasteiger partial charge in [0.1, 0.15) is 11.6 Å². The number of carbonyl (C=O) groups excluding carboxylic acids is 2. The van der Waals surface area contributed by atoms with Gasteiger partial charge in [-0.1, -0.05) is 23.2 Å². The van der Waals surface area contributed by atoms with Crippen molar-refractivity contribution in [1.82, 2.24) is 19.7 Å². The highest BCUT2D eigenvalue weighted by atomic mass is 35.5. The molecule has 0 saturated heterocycles. The number of amides is 1. The number of ketones is 1. The first-order chi connectivity index (χ1) is 19.3. The molecule has 0 spiro atoms. The van der Waals surface area contributed by atoms with Crippen LogP contribution in [-0.2, 0) is 17.5 Å². The number of benzene rings is 1. The van der Waals surface area contributed by atoms with Crippen LogP contribution in [0.4, 0.5) is 22.0 Å². The van der Waals surface area contributed by atoms with E-state index in [1.807, 2.05) is 0 Å². The van der Waals surface area contributed by atoms with Crippen LogP contribution in [-0.4, -0.2) is 49.0 Å². The van der Waals surface area contributed by atoms with Gasteiger partial charge in [0, 0.05) is 25.0 Å². The SMILES string of the molecule is O=C(CN(Cc1cc(F)cc(F)c1)C(=O)c1cnn([C@H]2CC[C@H](C(=O)O)CC2)c1C(F)(F)F)c1c(Cl)cncc1Cl. The zero-order valence-corrected chi connectivity index (χ0v) is 22.5. The summed E-state index contributed by atoms with van der Waals surface area (Å²) in [5.41, 5.74) is -2.66. The van der Waals surface area contributed by atoms with E-state index in [2.05, 4.69) is 10.1 Å². The van der Waals surface area contributed by atoms with E-state index < -0.39 is 71.8 Å². The molecule has 4 rings (SSSR count). The highest BCUT2D eigenvalue weighted by Gasteiger charge is 2.43. The number of hydrogen-bond donors (Lipinski definition) is 1. The summed E-state index contributed by atoms with van der Waals surface area (Å²) >= 11 is 12.1. The van der Waals surface area contributed by atoms with Crippen LogP contribution in [0, 0.1) is 17.6 Å². The number of hydrogen-bond acceptors (Lipinski definition) is 5. The van der Waals surface area contributed by atoms with E-state index in [-0.39, 0.29) is 46.9 Å². The smallest absolute Gasteiger partial charge is 0.433 e. The lowest BCUT2D eigenvalue weighted by Crippen LogP contribution is -2.37. The molecule has 0 unspecified atom stereocenters. The van der Waals surface area contributed by atoms with Crippen LogP contribution in [0.5, 0.6) is 0 Å². The van der Waals surface area contributed by atoms with Crippen molar-refractivity contribution < 1.29 is 41.4 Å². The molecule has 0 radical (unpaired) electrons. The molecule has 3 aromatic rings. The molecule has 218 valence electrons. The molecule has 1 aliphatic carbocycles. The van der Waals surface area contributed by atoms with E-state index in [0.717, 1.165) is 24.5 Å². The zero-order chi connectivity index (χ0) is 30.1. The summed E-state index contributed by atoms with van der Waals surface area (Å²) in [4.78, 5) is 42.5. The first-order valence-electron chi connectivity index (χ1n) is 12.2. The van der Waals surface area contributed by atoms with E-state index in [4.69, 9.17) is 23.2 Å². The number of alkyl halides is 3. The zero-order valence-electron chi connectivity index (χ0n) is 21.0. The Morgan fingerprint density at radius 3 is 2.10 bits per heavy atom. The molecule has 1 N–H and O–H groups in total. The van der Waals surface area contributed by atoms with Crippen LogP contribution in [0.3, 0.4) is 0 Å². The van der Waals surface area contributed by atoms with Crippen LogP contribution in [0.1, 0.15) is 63.7 Å². The molecule has 1 aliphatic rings. The molecule has 1 amide bonds. The van der Waals surface area contributed by atoms with Gasteiger partial charge in [-0.05, 0) is 43.4 Å². The number of carbonyl (C=O) groups is 3. The molecule has 15 heteroatoms. The highest BCUT2D eigenvalue weighted by Crippen LogP contribution is 2.39. The lowest BCUT2D eigenvalue weighted by molar-refractivity contribution is -0.147. The molecule has 2 aromatic heterocycles. The fourth-order valence-corrected chi connectivity index (χ4v) is 5.44. The number of rotatable bonds is 8. The van der Waals surface area contributed by atoms with Gasteiger partial charge in [0.2, 0.25) is 0 Å². The second kappa shape index (κ2) is 12.1. The van der Waals surface area contributed by atoms with Gasteiger partial charge in [-0.3, -0.25) is 24.0 Å². The summed E-state index contributed by atoms with van der Waals surface area (Å²) in [6.07, 6.45) is -1.72. The number of carboxylic acid groups (broad SMARTS) is 1. The topological polar surface area (TPSA) is 105 Å². The lowest BCUT2D eigenvalue weighted by atomic mass is 9.86. The van der Waals surface area contributed by atoms with Crippen molar-refractivity contribution in [1.29, 1.82) is 0 Å². The minimum absolute atomic E-state index is 0.0825. The van der Waals surface area contributed by atoms with E-state index in [9.17, 15) is 41.4 Å². The number of carboxylic acids is 1. The largest absolute Gasteiger partial charge is 0.481 e. The molecule has 1 fully saturated rings. The van der Waals surface area contributed by atoms with Crippen molar-refractivity contribution in [2.45, 2.75) is 44.4 Å². The summed E-state index contributed by atoms with van der Waals surface area (Å²) < 4.78 is 71.5. The average molecular weight is 619 g/mol. The van der Waals surface area contributed by atoms with Gasteiger partial charge >= 0.3 is 12.1 Å². The first-order valence-corrected chi connectivity index (χ1v) is 13.0. The van der Waals surface area contributed by atoms with Gasteiger partial charge in [0.15, 0.2) is 11.5 Å². The Labute approximate surface area is 239 Å². The lowest BCUT2D eigenvalue weighted by Gasteiger charge is -2.28. The van der Waals surface area contributed by atoms with E-state index in [1.165, 1.54) is 0 Å². The van der Waals surface area contributed by atoms with Gasteiger partial charge in [0.05, 0.1) is 45.9 Å². The summed E-state index contributed by atoms with van der Waals surface area (Å²) in [7, 11) is 0. The summed E-state index contributed by atoms with van der Waals surface area (Å²) in [5.74, 6) is -5.89. The van der Waals surface area contributed by atoms with E-state index in [1.54, 1.807) is 0 Å². The third kappa shape index (κ3) is 6.84. The summed E-state index contributed by atoms with van der Waals surface area (Å²) in [6, 6.07) is 1.48. The van der Waals surface area contributed by atoms with Crippen molar-refractivity contribution in [3.63, 3.8) is 0 Å². The number of pyridine rings is 1. The molecule has 41 heavy (non-hydrogen) atoms. The number of aromatic nitrogens is 3. The maximum Gasteiger partial charge on any atom is 0.433 e. The van der Waals surface area contributed by atoms with Crippen LogP contribution in [0.25, 0.3) is 0 Å². The number of halogens is 7. The van der Waals surface area contributed by atoms with Crippen molar-refractivity contribution >= 4 is 40.9 Å². The van der Waals surface area contributed by atoms with Crippen molar-refractivity contribution in [3.8, 4) is 0 Å². The Balaban J connectivity index is 1.73.